The number of nitrogens with one attached hydrogen (secondary N) is 1. The van der Waals surface area contributed by atoms with E-state index in [1.807, 2.05) is 19.9 Å². The summed E-state index contributed by atoms with van der Waals surface area (Å²) in [5, 5.41) is 2.79. The van der Waals surface area contributed by atoms with Gasteiger partial charge in [0, 0.05) is 18.3 Å². The Labute approximate surface area is 97.7 Å². The average molecular weight is 269 g/mol. The van der Waals surface area contributed by atoms with Crippen molar-refractivity contribution in [2.45, 2.75) is 13.8 Å². The van der Waals surface area contributed by atoms with Gasteiger partial charge < -0.3 is 5.32 Å². The van der Waals surface area contributed by atoms with Crippen molar-refractivity contribution >= 4 is 21.8 Å². The third-order valence-corrected chi connectivity index (χ3v) is 2.20. The van der Waals surface area contributed by atoms with Gasteiger partial charge >= 0.3 is 0 Å². The molecule has 0 saturated heterocycles. The van der Waals surface area contributed by atoms with E-state index in [4.69, 9.17) is 0 Å². The van der Waals surface area contributed by atoms with Crippen molar-refractivity contribution in [3.05, 3.63) is 40.1 Å². The summed E-state index contributed by atoms with van der Waals surface area (Å²) in [6, 6.07) is 3.38. The highest BCUT2D eigenvalue weighted by Gasteiger charge is 2.03. The lowest BCUT2D eigenvalue weighted by Crippen LogP contribution is -2.23. The van der Waals surface area contributed by atoms with Gasteiger partial charge in [0.05, 0.1) is 0 Å². The van der Waals surface area contributed by atoms with Crippen molar-refractivity contribution in [2.24, 2.45) is 0 Å². The zero-order valence-electron chi connectivity index (χ0n) is 8.75. The maximum Gasteiger partial charge on any atom is 0.251 e. The fourth-order valence-electron chi connectivity index (χ4n) is 0.994. The van der Waals surface area contributed by atoms with Crippen LogP contribution in [0.25, 0.3) is 0 Å². The predicted molar refractivity (Wildman–Crippen MR) is 63.7 cm³/mol. The molecular formula is C11H13BrN2O. The number of hydrogen-bond acceptors (Lipinski definition) is 2. The number of aromatic nitrogens is 1. The molecule has 1 amide bonds. The maximum absolute atomic E-state index is 11.6. The van der Waals surface area contributed by atoms with Gasteiger partial charge in [-0.05, 0) is 41.9 Å². The highest BCUT2D eigenvalue weighted by molar-refractivity contribution is 9.10. The molecule has 80 valence electrons. The number of halogens is 1. The molecule has 3 nitrogen and oxygen atoms in total. The van der Waals surface area contributed by atoms with E-state index >= 15 is 0 Å². The molecule has 1 rings (SSSR count). The van der Waals surface area contributed by atoms with Gasteiger partial charge in [0.1, 0.15) is 4.60 Å². The summed E-state index contributed by atoms with van der Waals surface area (Å²) in [7, 11) is 0. The lowest BCUT2D eigenvalue weighted by molar-refractivity contribution is 0.0958. The first kappa shape index (κ1) is 11.9. The summed E-state index contributed by atoms with van der Waals surface area (Å²) < 4.78 is 0.664. The van der Waals surface area contributed by atoms with Crippen LogP contribution in [0.2, 0.25) is 0 Å². The number of amides is 1. The van der Waals surface area contributed by atoms with Crippen molar-refractivity contribution in [1.29, 1.82) is 0 Å². The molecule has 0 bridgehead atoms. The molecule has 1 heterocycles. The Bertz CT molecular complexity index is 384. The van der Waals surface area contributed by atoms with Crippen LogP contribution in [-0.4, -0.2) is 17.4 Å². The molecule has 0 aliphatic carbocycles. The van der Waals surface area contributed by atoms with E-state index in [0.29, 0.717) is 16.7 Å². The second-order valence-electron chi connectivity index (χ2n) is 3.36. The van der Waals surface area contributed by atoms with Crippen molar-refractivity contribution in [3.63, 3.8) is 0 Å². The topological polar surface area (TPSA) is 42.0 Å². The summed E-state index contributed by atoms with van der Waals surface area (Å²) in [5.41, 5.74) is 1.80. The molecule has 0 fully saturated rings. The molecule has 0 spiro atoms. The fourth-order valence-corrected chi connectivity index (χ4v) is 1.36. The highest BCUT2D eigenvalue weighted by atomic mass is 79.9. The van der Waals surface area contributed by atoms with Crippen LogP contribution in [-0.2, 0) is 0 Å². The minimum absolute atomic E-state index is 0.0874. The molecule has 1 aromatic heterocycles. The third kappa shape index (κ3) is 4.25. The van der Waals surface area contributed by atoms with Gasteiger partial charge in [-0.15, -0.1) is 0 Å². The number of pyridine rings is 1. The van der Waals surface area contributed by atoms with E-state index in [0.717, 1.165) is 0 Å². The first-order valence-corrected chi connectivity index (χ1v) is 5.42. The van der Waals surface area contributed by atoms with Gasteiger partial charge in [-0.2, -0.15) is 0 Å². The lowest BCUT2D eigenvalue weighted by Gasteiger charge is -2.02. The summed E-state index contributed by atoms with van der Waals surface area (Å²) in [6.45, 7) is 4.55. The van der Waals surface area contributed by atoms with Gasteiger partial charge in [-0.1, -0.05) is 11.6 Å². The number of carbonyl (C=O) groups is 1. The van der Waals surface area contributed by atoms with Crippen molar-refractivity contribution in [1.82, 2.24) is 10.3 Å². The van der Waals surface area contributed by atoms with Crippen LogP contribution in [0.15, 0.2) is 34.6 Å². The third-order valence-electron chi connectivity index (χ3n) is 1.76. The van der Waals surface area contributed by atoms with Gasteiger partial charge in [0.25, 0.3) is 5.91 Å². The standard InChI is InChI=1S/C11H13BrN2O/c1-8(2)3-5-14-11(15)9-4-6-13-10(12)7-9/h3-4,6-7H,5H2,1-2H3,(H,14,15). The highest BCUT2D eigenvalue weighted by Crippen LogP contribution is 2.07. The second-order valence-corrected chi connectivity index (χ2v) is 4.17. The van der Waals surface area contributed by atoms with Crippen LogP contribution >= 0.6 is 15.9 Å². The number of allylic oxidation sites excluding steroid dienone is 1. The van der Waals surface area contributed by atoms with Crippen molar-refractivity contribution in [3.8, 4) is 0 Å². The van der Waals surface area contributed by atoms with E-state index in [1.54, 1.807) is 18.3 Å². The number of rotatable bonds is 3. The van der Waals surface area contributed by atoms with Crippen LogP contribution in [0, 0.1) is 0 Å². The predicted octanol–water partition coefficient (Wildman–Crippen LogP) is 2.54. The zero-order chi connectivity index (χ0) is 11.3. The normalized spacial score (nSPS) is 9.53. The minimum atomic E-state index is -0.0874. The average Bonchev–Trinajstić information content (AvgIpc) is 2.17. The second kappa shape index (κ2) is 5.66. The van der Waals surface area contributed by atoms with Crippen LogP contribution in [0.5, 0.6) is 0 Å². The largest absolute Gasteiger partial charge is 0.349 e. The molecule has 0 saturated carbocycles. The lowest BCUT2D eigenvalue weighted by atomic mass is 10.2. The van der Waals surface area contributed by atoms with Crippen molar-refractivity contribution in [2.75, 3.05) is 6.54 Å². The van der Waals surface area contributed by atoms with Gasteiger partial charge in [0.15, 0.2) is 0 Å². The van der Waals surface area contributed by atoms with Crippen molar-refractivity contribution < 1.29 is 4.79 Å². The van der Waals surface area contributed by atoms with Gasteiger partial charge in [-0.3, -0.25) is 4.79 Å². The van der Waals surface area contributed by atoms with Gasteiger partial charge in [-0.25, -0.2) is 4.98 Å². The number of nitrogens with zero attached hydrogens (tertiary/aromatic N) is 1. The Morgan fingerprint density at radius 3 is 2.93 bits per heavy atom. The molecule has 0 aliphatic rings. The van der Waals surface area contributed by atoms with Crippen LogP contribution in [0.4, 0.5) is 0 Å². The molecule has 0 aliphatic heterocycles. The molecule has 15 heavy (non-hydrogen) atoms. The smallest absolute Gasteiger partial charge is 0.251 e. The van der Waals surface area contributed by atoms with E-state index in [9.17, 15) is 4.79 Å². The van der Waals surface area contributed by atoms with Crippen LogP contribution < -0.4 is 5.32 Å². The minimum Gasteiger partial charge on any atom is -0.349 e. The van der Waals surface area contributed by atoms with E-state index in [2.05, 4.69) is 26.2 Å². The summed E-state index contributed by atoms with van der Waals surface area (Å²) in [6.07, 6.45) is 3.56. The SMILES string of the molecule is CC(C)=CCNC(=O)c1ccnc(Br)c1. The molecule has 0 atom stereocenters. The molecule has 1 aromatic rings. The first-order chi connectivity index (χ1) is 7.09. The van der Waals surface area contributed by atoms with Gasteiger partial charge in [0.2, 0.25) is 0 Å². The van der Waals surface area contributed by atoms with Crippen LogP contribution in [0.1, 0.15) is 24.2 Å². The fraction of sp³-hybridized carbons (Fsp3) is 0.273. The summed E-state index contributed by atoms with van der Waals surface area (Å²) in [5.74, 6) is -0.0874. The quantitative estimate of drug-likeness (QED) is 0.676. The molecule has 0 unspecified atom stereocenters. The molecule has 0 radical (unpaired) electrons. The van der Waals surface area contributed by atoms with E-state index in [1.165, 1.54) is 5.57 Å². The Balaban J connectivity index is 2.58. The molecular weight excluding hydrogens is 256 g/mol. The Hall–Kier alpha value is -1.16. The Kier molecular flexibility index (Phi) is 4.49. The number of carbonyl (C=O) groups excluding carboxylic acids is 1. The van der Waals surface area contributed by atoms with E-state index in [-0.39, 0.29) is 5.91 Å². The summed E-state index contributed by atoms with van der Waals surface area (Å²) >= 11 is 3.22. The molecule has 4 heteroatoms. The zero-order valence-corrected chi connectivity index (χ0v) is 10.3. The molecule has 1 N–H and O–H groups in total. The first-order valence-electron chi connectivity index (χ1n) is 4.62. The van der Waals surface area contributed by atoms with Crippen LogP contribution in [0.3, 0.4) is 0 Å². The van der Waals surface area contributed by atoms with E-state index < -0.39 is 0 Å². The maximum atomic E-state index is 11.6. The Morgan fingerprint density at radius 2 is 2.33 bits per heavy atom. The summed E-state index contributed by atoms with van der Waals surface area (Å²) in [4.78, 5) is 15.5. The number of hydrogen-bond donors (Lipinski definition) is 1. The monoisotopic (exact) mass is 268 g/mol. The molecule has 0 aromatic carbocycles. The Morgan fingerprint density at radius 1 is 1.60 bits per heavy atom.